The van der Waals surface area contributed by atoms with Gasteiger partial charge in [0.15, 0.2) is 0 Å². The normalized spacial score (nSPS) is 15.2. The first-order valence-electron chi connectivity index (χ1n) is 7.33. The quantitative estimate of drug-likeness (QED) is 0.906. The van der Waals surface area contributed by atoms with Crippen LogP contribution < -0.4 is 5.32 Å². The van der Waals surface area contributed by atoms with Gasteiger partial charge in [-0.1, -0.05) is 48.5 Å². The molecule has 2 aromatic carbocycles. The maximum absolute atomic E-state index is 11.2. The van der Waals surface area contributed by atoms with Crippen LogP contribution >= 0.6 is 0 Å². The zero-order chi connectivity index (χ0) is 14.7. The highest BCUT2D eigenvalue weighted by Gasteiger charge is 2.19. The van der Waals surface area contributed by atoms with E-state index >= 15 is 0 Å². The largest absolute Gasteiger partial charge is 0.481 e. The van der Waals surface area contributed by atoms with Crippen molar-refractivity contribution in [2.75, 3.05) is 6.54 Å². The second-order valence-electron chi connectivity index (χ2n) is 5.52. The van der Waals surface area contributed by atoms with Crippen molar-refractivity contribution in [2.45, 2.75) is 25.3 Å². The van der Waals surface area contributed by atoms with Crippen LogP contribution in [0.3, 0.4) is 0 Å². The molecule has 1 aliphatic heterocycles. The lowest BCUT2D eigenvalue weighted by molar-refractivity contribution is -0.137. The van der Waals surface area contributed by atoms with Gasteiger partial charge in [0.05, 0.1) is 6.42 Å². The topological polar surface area (TPSA) is 49.3 Å². The standard InChI is InChI=1S/C18H19NO2/c20-18(21)11-17(14-4-2-1-3-5-14)15-7-6-13-8-9-19-12-16(13)10-15/h1-7,10,17,19H,8-9,11-12H2,(H,20,21). The molecule has 3 nitrogen and oxygen atoms in total. The molecule has 0 aromatic heterocycles. The molecule has 0 spiro atoms. The fraction of sp³-hybridized carbons (Fsp3) is 0.278. The smallest absolute Gasteiger partial charge is 0.304 e. The summed E-state index contributed by atoms with van der Waals surface area (Å²) in [6, 6.07) is 16.3. The Morgan fingerprint density at radius 3 is 2.67 bits per heavy atom. The number of fused-ring (bicyclic) bond motifs is 1. The van der Waals surface area contributed by atoms with Gasteiger partial charge in [-0.05, 0) is 35.2 Å². The van der Waals surface area contributed by atoms with Gasteiger partial charge >= 0.3 is 5.97 Å². The minimum atomic E-state index is -0.764. The molecular weight excluding hydrogens is 262 g/mol. The molecule has 1 aliphatic rings. The van der Waals surface area contributed by atoms with E-state index < -0.39 is 5.97 Å². The van der Waals surface area contributed by atoms with E-state index in [-0.39, 0.29) is 12.3 Å². The second kappa shape index (κ2) is 6.10. The highest BCUT2D eigenvalue weighted by molar-refractivity contribution is 5.69. The molecule has 0 fully saturated rings. The summed E-state index contributed by atoms with van der Waals surface area (Å²) in [4.78, 5) is 11.2. The van der Waals surface area contributed by atoms with E-state index in [2.05, 4.69) is 23.5 Å². The number of benzene rings is 2. The minimum absolute atomic E-state index is 0.0871. The fourth-order valence-corrected chi connectivity index (χ4v) is 3.01. The van der Waals surface area contributed by atoms with Crippen molar-refractivity contribution in [1.82, 2.24) is 5.32 Å². The summed E-state index contributed by atoms with van der Waals surface area (Å²) >= 11 is 0. The van der Waals surface area contributed by atoms with Crippen LogP contribution in [-0.4, -0.2) is 17.6 Å². The number of rotatable bonds is 4. The molecule has 0 radical (unpaired) electrons. The van der Waals surface area contributed by atoms with Crippen molar-refractivity contribution >= 4 is 5.97 Å². The van der Waals surface area contributed by atoms with Crippen LogP contribution in [0, 0.1) is 0 Å². The first-order chi connectivity index (χ1) is 10.2. The number of hydrogen-bond acceptors (Lipinski definition) is 2. The van der Waals surface area contributed by atoms with Crippen molar-refractivity contribution in [3.05, 3.63) is 70.8 Å². The Morgan fingerprint density at radius 1 is 1.10 bits per heavy atom. The van der Waals surface area contributed by atoms with Gasteiger partial charge in [0.25, 0.3) is 0 Å². The average molecular weight is 281 g/mol. The predicted molar refractivity (Wildman–Crippen MR) is 82.4 cm³/mol. The zero-order valence-corrected chi connectivity index (χ0v) is 11.9. The third kappa shape index (κ3) is 3.14. The Kier molecular flexibility index (Phi) is 4.02. The number of hydrogen-bond donors (Lipinski definition) is 2. The van der Waals surface area contributed by atoms with Gasteiger partial charge in [0.2, 0.25) is 0 Å². The maximum atomic E-state index is 11.2. The molecule has 21 heavy (non-hydrogen) atoms. The Labute approximate surface area is 124 Å². The lowest BCUT2D eigenvalue weighted by Gasteiger charge is -2.21. The van der Waals surface area contributed by atoms with E-state index in [4.69, 9.17) is 0 Å². The highest BCUT2D eigenvalue weighted by atomic mass is 16.4. The Balaban J connectivity index is 1.98. The first kappa shape index (κ1) is 13.8. The number of nitrogens with one attached hydrogen (secondary N) is 1. The Bertz CT molecular complexity index is 637. The summed E-state index contributed by atoms with van der Waals surface area (Å²) in [6.07, 6.45) is 1.17. The van der Waals surface area contributed by atoms with Crippen molar-refractivity contribution in [1.29, 1.82) is 0 Å². The van der Waals surface area contributed by atoms with E-state index in [1.165, 1.54) is 11.1 Å². The zero-order valence-electron chi connectivity index (χ0n) is 11.9. The molecule has 2 N–H and O–H groups in total. The molecule has 0 saturated carbocycles. The van der Waals surface area contributed by atoms with E-state index in [0.29, 0.717) is 0 Å². The molecule has 1 atom stereocenters. The molecule has 0 aliphatic carbocycles. The molecule has 0 amide bonds. The van der Waals surface area contributed by atoms with Gasteiger partial charge in [-0.25, -0.2) is 0 Å². The van der Waals surface area contributed by atoms with Gasteiger partial charge in [-0.2, -0.15) is 0 Å². The van der Waals surface area contributed by atoms with Crippen LogP contribution in [0.25, 0.3) is 0 Å². The highest BCUT2D eigenvalue weighted by Crippen LogP contribution is 2.30. The van der Waals surface area contributed by atoms with Gasteiger partial charge in [0, 0.05) is 12.5 Å². The minimum Gasteiger partial charge on any atom is -0.481 e. The van der Waals surface area contributed by atoms with Crippen LogP contribution in [0.1, 0.15) is 34.6 Å². The molecule has 2 aromatic rings. The molecule has 3 heteroatoms. The maximum Gasteiger partial charge on any atom is 0.304 e. The number of carboxylic acid groups (broad SMARTS) is 1. The van der Waals surface area contributed by atoms with Gasteiger partial charge in [0.1, 0.15) is 0 Å². The van der Waals surface area contributed by atoms with Crippen molar-refractivity contribution in [2.24, 2.45) is 0 Å². The van der Waals surface area contributed by atoms with Gasteiger partial charge < -0.3 is 10.4 Å². The summed E-state index contributed by atoms with van der Waals surface area (Å²) in [7, 11) is 0. The van der Waals surface area contributed by atoms with Crippen LogP contribution in [0.15, 0.2) is 48.5 Å². The molecule has 0 saturated heterocycles. The predicted octanol–water partition coefficient (Wildman–Crippen LogP) is 2.94. The van der Waals surface area contributed by atoms with E-state index in [1.54, 1.807) is 0 Å². The van der Waals surface area contributed by atoms with Crippen molar-refractivity contribution < 1.29 is 9.90 Å². The lowest BCUT2D eigenvalue weighted by Crippen LogP contribution is -2.23. The van der Waals surface area contributed by atoms with E-state index in [1.807, 2.05) is 30.3 Å². The summed E-state index contributed by atoms with van der Waals surface area (Å²) in [5.41, 5.74) is 4.82. The molecule has 108 valence electrons. The van der Waals surface area contributed by atoms with Crippen LogP contribution in [0.5, 0.6) is 0 Å². The third-order valence-corrected chi connectivity index (χ3v) is 4.10. The monoisotopic (exact) mass is 281 g/mol. The molecular formula is C18H19NO2. The van der Waals surface area contributed by atoms with Crippen LogP contribution in [-0.2, 0) is 17.8 Å². The number of carbonyl (C=O) groups is 1. The molecule has 1 heterocycles. The molecule has 1 unspecified atom stereocenters. The summed E-state index contributed by atoms with van der Waals surface area (Å²) in [5.74, 6) is -0.851. The summed E-state index contributed by atoms with van der Waals surface area (Å²) in [5, 5.41) is 12.6. The van der Waals surface area contributed by atoms with Crippen molar-refractivity contribution in [3.8, 4) is 0 Å². The first-order valence-corrected chi connectivity index (χ1v) is 7.33. The van der Waals surface area contributed by atoms with Crippen molar-refractivity contribution in [3.63, 3.8) is 0 Å². The van der Waals surface area contributed by atoms with Crippen LogP contribution in [0.2, 0.25) is 0 Å². The third-order valence-electron chi connectivity index (χ3n) is 4.10. The fourth-order valence-electron chi connectivity index (χ4n) is 3.01. The van der Waals surface area contributed by atoms with Crippen LogP contribution in [0.4, 0.5) is 0 Å². The molecule has 3 rings (SSSR count). The summed E-state index contributed by atoms with van der Waals surface area (Å²) < 4.78 is 0. The van der Waals surface area contributed by atoms with E-state index in [0.717, 1.165) is 30.6 Å². The van der Waals surface area contributed by atoms with E-state index in [9.17, 15) is 9.90 Å². The summed E-state index contributed by atoms with van der Waals surface area (Å²) in [6.45, 7) is 1.89. The Hall–Kier alpha value is -2.13. The second-order valence-corrected chi connectivity index (χ2v) is 5.52. The van der Waals surface area contributed by atoms with Gasteiger partial charge in [-0.3, -0.25) is 4.79 Å². The molecule has 0 bridgehead atoms. The number of carboxylic acids is 1. The SMILES string of the molecule is O=C(O)CC(c1ccccc1)c1ccc2c(c1)CNCC2. The number of aliphatic carboxylic acids is 1. The average Bonchev–Trinajstić information content (AvgIpc) is 2.53. The lowest BCUT2D eigenvalue weighted by atomic mass is 9.86. The van der Waals surface area contributed by atoms with Gasteiger partial charge in [-0.15, -0.1) is 0 Å². The Morgan fingerprint density at radius 2 is 1.90 bits per heavy atom.